The first kappa shape index (κ1) is 20.0. The van der Waals surface area contributed by atoms with Crippen molar-refractivity contribution in [2.75, 3.05) is 7.11 Å². The Morgan fingerprint density at radius 2 is 1.80 bits per heavy atom. The lowest BCUT2D eigenvalue weighted by molar-refractivity contribution is 0.415. The van der Waals surface area contributed by atoms with Crippen molar-refractivity contribution in [3.63, 3.8) is 0 Å². The van der Waals surface area contributed by atoms with Crippen molar-refractivity contribution in [1.29, 1.82) is 0 Å². The van der Waals surface area contributed by atoms with E-state index in [1.165, 1.54) is 5.56 Å². The minimum absolute atomic E-state index is 0.615. The number of rotatable bonds is 8. The Morgan fingerprint density at radius 3 is 2.50 bits per heavy atom. The first-order valence-electron chi connectivity index (χ1n) is 9.50. The summed E-state index contributed by atoms with van der Waals surface area (Å²) in [5.41, 5.74) is 4.00. The highest BCUT2D eigenvalue weighted by Gasteiger charge is 2.15. The van der Waals surface area contributed by atoms with Crippen molar-refractivity contribution in [2.45, 2.75) is 24.4 Å². The summed E-state index contributed by atoms with van der Waals surface area (Å²) in [6, 6.07) is 15.9. The van der Waals surface area contributed by atoms with E-state index in [1.54, 1.807) is 25.1 Å². The molecule has 0 amide bonds. The van der Waals surface area contributed by atoms with Crippen LogP contribution < -0.4 is 4.74 Å². The van der Waals surface area contributed by atoms with Crippen LogP contribution in [0.2, 0.25) is 0 Å². The number of allylic oxidation sites excluding steroid dienone is 1. The Hall–Kier alpha value is -3.32. The van der Waals surface area contributed by atoms with E-state index in [4.69, 9.17) is 9.15 Å². The third kappa shape index (κ3) is 4.31. The summed E-state index contributed by atoms with van der Waals surface area (Å²) in [6.07, 6.45) is 3.53. The van der Waals surface area contributed by atoms with Gasteiger partial charge in [-0.2, -0.15) is 0 Å². The molecule has 2 aromatic carbocycles. The number of hydrogen-bond acceptors (Lipinski definition) is 6. The molecule has 2 aromatic heterocycles. The first-order chi connectivity index (χ1) is 14.7. The zero-order valence-corrected chi connectivity index (χ0v) is 17.7. The number of benzene rings is 2. The number of methoxy groups -OCH3 is 1. The molecule has 0 unspecified atom stereocenters. The summed E-state index contributed by atoms with van der Waals surface area (Å²) < 4.78 is 12.9. The average molecular weight is 419 g/mol. The number of hydrogen-bond donors (Lipinski definition) is 0. The van der Waals surface area contributed by atoms with Crippen LogP contribution >= 0.6 is 11.8 Å². The number of aryl methyl sites for hydroxylation is 1. The monoisotopic (exact) mass is 418 g/mol. The van der Waals surface area contributed by atoms with Crippen LogP contribution in [0.5, 0.6) is 5.75 Å². The molecule has 0 saturated carbocycles. The maximum atomic E-state index is 5.66. The second kappa shape index (κ2) is 9.00. The highest BCUT2D eigenvalue weighted by molar-refractivity contribution is 7.98. The van der Waals surface area contributed by atoms with Gasteiger partial charge in [0.1, 0.15) is 12.0 Å². The Kier molecular flexibility index (Phi) is 5.99. The fourth-order valence-electron chi connectivity index (χ4n) is 2.98. The van der Waals surface area contributed by atoms with Gasteiger partial charge >= 0.3 is 0 Å². The maximum Gasteiger partial charge on any atom is 0.226 e. The van der Waals surface area contributed by atoms with E-state index in [0.29, 0.717) is 18.2 Å². The van der Waals surface area contributed by atoms with Gasteiger partial charge in [0.25, 0.3) is 0 Å². The molecule has 0 saturated heterocycles. The lowest BCUT2D eigenvalue weighted by Crippen LogP contribution is -2.00. The molecule has 0 fully saturated rings. The topological polar surface area (TPSA) is 66.0 Å². The molecule has 0 spiro atoms. The molecular weight excluding hydrogens is 396 g/mol. The van der Waals surface area contributed by atoms with Gasteiger partial charge in [-0.3, -0.25) is 4.57 Å². The van der Waals surface area contributed by atoms with Gasteiger partial charge < -0.3 is 9.15 Å². The normalized spacial score (nSPS) is 10.9. The molecule has 4 aromatic rings. The molecule has 0 aliphatic rings. The Bertz CT molecular complexity index is 1130. The number of oxazole rings is 1. The maximum absolute atomic E-state index is 5.66. The lowest BCUT2D eigenvalue weighted by atomic mass is 10.1. The second-order valence-electron chi connectivity index (χ2n) is 6.73. The van der Waals surface area contributed by atoms with Crippen LogP contribution in [0.15, 0.2) is 77.0 Å². The largest absolute Gasteiger partial charge is 0.497 e. The summed E-state index contributed by atoms with van der Waals surface area (Å²) in [6.45, 7) is 6.54. The van der Waals surface area contributed by atoms with E-state index in [9.17, 15) is 0 Å². The molecule has 0 atom stereocenters. The van der Waals surface area contributed by atoms with Gasteiger partial charge in [0, 0.05) is 23.4 Å². The van der Waals surface area contributed by atoms with Gasteiger partial charge in [-0.15, -0.1) is 16.8 Å². The SMILES string of the molecule is C=CCn1c(SCc2coc(-c3ccc(C)cc3)n2)nnc1-c1ccc(OC)cc1. The van der Waals surface area contributed by atoms with Crippen molar-refractivity contribution in [2.24, 2.45) is 0 Å². The summed E-state index contributed by atoms with van der Waals surface area (Å²) in [5, 5.41) is 9.58. The van der Waals surface area contributed by atoms with Crippen LogP contribution in [-0.2, 0) is 12.3 Å². The fourth-order valence-corrected chi connectivity index (χ4v) is 3.81. The average Bonchev–Trinajstić information content (AvgIpc) is 3.40. The van der Waals surface area contributed by atoms with E-state index >= 15 is 0 Å². The predicted molar refractivity (Wildman–Crippen MR) is 118 cm³/mol. The molecular formula is C23H22N4O2S. The number of thioether (sulfide) groups is 1. The van der Waals surface area contributed by atoms with Crippen LogP contribution in [0.25, 0.3) is 22.8 Å². The number of nitrogens with zero attached hydrogens (tertiary/aromatic N) is 4. The molecule has 0 bridgehead atoms. The Labute approximate surface area is 179 Å². The third-order valence-electron chi connectivity index (χ3n) is 4.58. The molecule has 4 rings (SSSR count). The second-order valence-corrected chi connectivity index (χ2v) is 7.68. The van der Waals surface area contributed by atoms with Crippen molar-refractivity contribution in [3.8, 4) is 28.6 Å². The van der Waals surface area contributed by atoms with Crippen molar-refractivity contribution < 1.29 is 9.15 Å². The van der Waals surface area contributed by atoms with Crippen LogP contribution in [-0.4, -0.2) is 26.9 Å². The molecule has 0 aliphatic heterocycles. The van der Waals surface area contributed by atoms with Crippen LogP contribution in [0.4, 0.5) is 0 Å². The zero-order chi connectivity index (χ0) is 20.9. The fraction of sp³-hybridized carbons (Fsp3) is 0.174. The quantitative estimate of drug-likeness (QED) is 0.282. The molecule has 0 aliphatic carbocycles. The summed E-state index contributed by atoms with van der Waals surface area (Å²) in [5.74, 6) is 2.85. The summed E-state index contributed by atoms with van der Waals surface area (Å²) >= 11 is 1.57. The van der Waals surface area contributed by atoms with Crippen LogP contribution in [0.1, 0.15) is 11.3 Å². The van der Waals surface area contributed by atoms with Crippen LogP contribution in [0.3, 0.4) is 0 Å². The summed E-state index contributed by atoms with van der Waals surface area (Å²) in [7, 11) is 1.65. The smallest absolute Gasteiger partial charge is 0.226 e. The minimum atomic E-state index is 0.615. The van der Waals surface area contributed by atoms with E-state index in [1.807, 2.05) is 59.2 Å². The van der Waals surface area contributed by atoms with E-state index in [0.717, 1.165) is 33.6 Å². The Morgan fingerprint density at radius 1 is 1.07 bits per heavy atom. The van der Waals surface area contributed by atoms with E-state index in [-0.39, 0.29) is 0 Å². The standard InChI is InChI=1S/C23H22N4O2S/c1-4-13-27-21(17-9-11-20(28-3)12-10-17)25-26-23(27)30-15-19-14-29-22(24-19)18-7-5-16(2)6-8-18/h4-12,14H,1,13,15H2,2-3H3. The molecule has 0 N–H and O–H groups in total. The highest BCUT2D eigenvalue weighted by atomic mass is 32.2. The number of ether oxygens (including phenoxy) is 1. The lowest BCUT2D eigenvalue weighted by Gasteiger charge is -2.08. The van der Waals surface area contributed by atoms with Gasteiger partial charge in [-0.25, -0.2) is 4.98 Å². The van der Waals surface area contributed by atoms with Crippen molar-refractivity contribution in [1.82, 2.24) is 19.7 Å². The van der Waals surface area contributed by atoms with Crippen LogP contribution in [0, 0.1) is 6.92 Å². The van der Waals surface area contributed by atoms with Gasteiger partial charge in [0.15, 0.2) is 11.0 Å². The first-order valence-corrected chi connectivity index (χ1v) is 10.5. The molecule has 6 nitrogen and oxygen atoms in total. The minimum Gasteiger partial charge on any atom is -0.497 e. The van der Waals surface area contributed by atoms with Gasteiger partial charge in [-0.05, 0) is 43.3 Å². The zero-order valence-electron chi connectivity index (χ0n) is 16.9. The number of aromatic nitrogens is 4. The van der Waals surface area contributed by atoms with E-state index < -0.39 is 0 Å². The molecule has 0 radical (unpaired) electrons. The predicted octanol–water partition coefficient (Wildman–Crippen LogP) is 5.40. The molecule has 30 heavy (non-hydrogen) atoms. The third-order valence-corrected chi connectivity index (χ3v) is 5.58. The Balaban J connectivity index is 1.51. The van der Waals surface area contributed by atoms with Crippen molar-refractivity contribution in [3.05, 3.63) is 78.7 Å². The van der Waals surface area contributed by atoms with Crippen molar-refractivity contribution >= 4 is 11.8 Å². The molecule has 7 heteroatoms. The molecule has 2 heterocycles. The molecule has 152 valence electrons. The van der Waals surface area contributed by atoms with Gasteiger partial charge in [-0.1, -0.05) is 35.5 Å². The highest BCUT2D eigenvalue weighted by Crippen LogP contribution is 2.28. The van der Waals surface area contributed by atoms with Gasteiger partial charge in [0.2, 0.25) is 5.89 Å². The van der Waals surface area contributed by atoms with Gasteiger partial charge in [0.05, 0.1) is 12.8 Å². The van der Waals surface area contributed by atoms with E-state index in [2.05, 4.69) is 28.7 Å². The summed E-state index contributed by atoms with van der Waals surface area (Å²) in [4.78, 5) is 4.61.